The molecule has 0 saturated carbocycles. The first-order valence-corrected chi connectivity index (χ1v) is 8.37. The number of carboxylic acids is 2. The van der Waals surface area contributed by atoms with E-state index >= 15 is 0 Å². The molecule has 2 aromatic rings. The first-order valence-electron chi connectivity index (χ1n) is 8.37. The molecule has 8 nitrogen and oxygen atoms in total. The molecule has 0 aromatic heterocycles. The fourth-order valence-electron chi connectivity index (χ4n) is 2.24. The molecule has 2 aromatic carbocycles. The number of aliphatic hydroxyl groups is 1. The van der Waals surface area contributed by atoms with E-state index in [1.54, 1.807) is 12.1 Å². The van der Waals surface area contributed by atoms with Crippen LogP contribution in [-0.4, -0.2) is 50.2 Å². The van der Waals surface area contributed by atoms with Crippen LogP contribution in [0.25, 0.3) is 0 Å². The number of aromatic hydroxyl groups is 2. The molecule has 2 rings (SSSR count). The number of rotatable bonds is 8. The smallest absolute Gasteiger partial charge is 0.328 e. The summed E-state index contributed by atoms with van der Waals surface area (Å²) < 4.78 is 0. The van der Waals surface area contributed by atoms with Crippen LogP contribution in [-0.2, 0) is 22.4 Å². The molecule has 0 bridgehead atoms. The molecule has 6 N–H and O–H groups in total. The van der Waals surface area contributed by atoms with Crippen molar-refractivity contribution in [1.29, 1.82) is 0 Å². The number of benzene rings is 2. The lowest BCUT2D eigenvalue weighted by Gasteiger charge is -2.13. The Labute approximate surface area is 162 Å². The van der Waals surface area contributed by atoms with Gasteiger partial charge in [0.2, 0.25) is 0 Å². The summed E-state index contributed by atoms with van der Waals surface area (Å²) in [5.41, 5.74) is 1.89. The van der Waals surface area contributed by atoms with Gasteiger partial charge in [0.25, 0.3) is 0 Å². The van der Waals surface area contributed by atoms with Crippen LogP contribution in [0.3, 0.4) is 0 Å². The zero-order valence-electron chi connectivity index (χ0n) is 15.0. The maximum absolute atomic E-state index is 9.88. The molecule has 8 heteroatoms. The lowest BCUT2D eigenvalue weighted by atomic mass is 10.1. The fraction of sp³-hybridized carbons (Fsp3) is 0.200. The quantitative estimate of drug-likeness (QED) is 0.294. The lowest BCUT2D eigenvalue weighted by molar-refractivity contribution is -0.134. The van der Waals surface area contributed by atoms with Gasteiger partial charge in [-0.05, 0) is 29.7 Å². The topological polar surface area (TPSA) is 147 Å². The highest BCUT2D eigenvalue weighted by atomic mass is 16.4. The lowest BCUT2D eigenvalue weighted by Crippen LogP contribution is -2.32. The SMILES string of the molecule is O=C(O)/C=C/C(=O)O.Oc1cc(O)cc(CCN[C@@H](O)Cc2ccccc2)c1. The highest BCUT2D eigenvalue weighted by Crippen LogP contribution is 2.20. The molecule has 0 spiro atoms. The maximum atomic E-state index is 9.88. The Balaban J connectivity index is 0.000000416. The third-order valence-corrected chi connectivity index (χ3v) is 3.40. The van der Waals surface area contributed by atoms with Gasteiger partial charge < -0.3 is 25.5 Å². The van der Waals surface area contributed by atoms with Crippen molar-refractivity contribution in [2.24, 2.45) is 0 Å². The second kappa shape index (κ2) is 12.1. The van der Waals surface area contributed by atoms with Crippen LogP contribution < -0.4 is 5.32 Å². The molecule has 0 unspecified atom stereocenters. The zero-order chi connectivity index (χ0) is 20.9. The molecule has 0 saturated heterocycles. The Morgan fingerprint density at radius 2 is 1.43 bits per heavy atom. The van der Waals surface area contributed by atoms with Crippen LogP contribution in [0.5, 0.6) is 11.5 Å². The van der Waals surface area contributed by atoms with Crippen LogP contribution >= 0.6 is 0 Å². The van der Waals surface area contributed by atoms with E-state index in [2.05, 4.69) is 5.32 Å². The predicted octanol–water partition coefficient (Wildman–Crippen LogP) is 1.50. The Morgan fingerprint density at radius 3 is 1.93 bits per heavy atom. The second-order valence-corrected chi connectivity index (χ2v) is 5.78. The van der Waals surface area contributed by atoms with Gasteiger partial charge in [-0.3, -0.25) is 5.32 Å². The van der Waals surface area contributed by atoms with Crippen molar-refractivity contribution in [3.63, 3.8) is 0 Å². The van der Waals surface area contributed by atoms with Crippen molar-refractivity contribution in [3.05, 3.63) is 71.8 Å². The number of hydrogen-bond donors (Lipinski definition) is 6. The Morgan fingerprint density at radius 1 is 0.893 bits per heavy atom. The van der Waals surface area contributed by atoms with Crippen molar-refractivity contribution >= 4 is 11.9 Å². The third-order valence-electron chi connectivity index (χ3n) is 3.40. The van der Waals surface area contributed by atoms with Gasteiger partial charge in [-0.2, -0.15) is 0 Å². The van der Waals surface area contributed by atoms with E-state index in [1.807, 2.05) is 30.3 Å². The van der Waals surface area contributed by atoms with E-state index in [0.717, 1.165) is 11.1 Å². The summed E-state index contributed by atoms with van der Waals surface area (Å²) in [5.74, 6) is -2.42. The monoisotopic (exact) mass is 389 g/mol. The number of aliphatic carboxylic acids is 2. The number of phenolic OH excluding ortho intramolecular Hbond substituents is 2. The molecule has 0 aliphatic carbocycles. The Kier molecular flexibility index (Phi) is 9.80. The minimum Gasteiger partial charge on any atom is -0.508 e. The molecular formula is C20H23NO7. The molecule has 150 valence electrons. The van der Waals surface area contributed by atoms with Gasteiger partial charge in [0.1, 0.15) is 17.7 Å². The number of phenols is 2. The molecule has 28 heavy (non-hydrogen) atoms. The minimum atomic E-state index is -1.26. The van der Waals surface area contributed by atoms with Crippen molar-refractivity contribution in [1.82, 2.24) is 5.32 Å². The highest BCUT2D eigenvalue weighted by molar-refractivity contribution is 5.89. The van der Waals surface area contributed by atoms with E-state index in [9.17, 15) is 24.9 Å². The van der Waals surface area contributed by atoms with E-state index in [4.69, 9.17) is 10.2 Å². The first kappa shape index (κ1) is 22.7. The average molecular weight is 389 g/mol. The summed E-state index contributed by atoms with van der Waals surface area (Å²) in [6, 6.07) is 14.3. The normalized spacial score (nSPS) is 11.5. The van der Waals surface area contributed by atoms with Gasteiger partial charge in [-0.25, -0.2) is 9.59 Å². The van der Waals surface area contributed by atoms with Gasteiger partial charge in [0.15, 0.2) is 0 Å². The maximum Gasteiger partial charge on any atom is 0.328 e. The summed E-state index contributed by atoms with van der Waals surface area (Å²) in [4.78, 5) is 19.1. The Bertz CT molecular complexity index is 754. The zero-order valence-corrected chi connectivity index (χ0v) is 15.0. The number of carboxylic acid groups (broad SMARTS) is 2. The third kappa shape index (κ3) is 10.6. The predicted molar refractivity (Wildman–Crippen MR) is 102 cm³/mol. The molecule has 0 heterocycles. The molecule has 0 aliphatic heterocycles. The van der Waals surface area contributed by atoms with E-state index in [-0.39, 0.29) is 11.5 Å². The van der Waals surface area contributed by atoms with Gasteiger partial charge in [0, 0.05) is 31.2 Å². The average Bonchev–Trinajstić information content (AvgIpc) is 2.60. The number of hydrogen-bond acceptors (Lipinski definition) is 6. The summed E-state index contributed by atoms with van der Waals surface area (Å²) in [5, 5.41) is 47.3. The van der Waals surface area contributed by atoms with Crippen molar-refractivity contribution in [3.8, 4) is 11.5 Å². The van der Waals surface area contributed by atoms with Crippen LogP contribution in [0.2, 0.25) is 0 Å². The highest BCUT2D eigenvalue weighted by Gasteiger charge is 2.05. The van der Waals surface area contributed by atoms with Crippen molar-refractivity contribution in [2.75, 3.05) is 6.54 Å². The van der Waals surface area contributed by atoms with Gasteiger partial charge in [-0.1, -0.05) is 30.3 Å². The summed E-state index contributed by atoms with van der Waals surface area (Å²) in [6.07, 6.45) is 1.67. The van der Waals surface area contributed by atoms with Crippen molar-refractivity contribution in [2.45, 2.75) is 19.1 Å². The first-order chi connectivity index (χ1) is 13.3. The Hall–Kier alpha value is -3.36. The number of carbonyl (C=O) groups is 2. The molecule has 0 radical (unpaired) electrons. The molecule has 1 atom stereocenters. The van der Waals surface area contributed by atoms with Gasteiger partial charge in [0.05, 0.1) is 0 Å². The molecule has 0 fully saturated rings. The van der Waals surface area contributed by atoms with Gasteiger partial charge in [-0.15, -0.1) is 0 Å². The van der Waals surface area contributed by atoms with Crippen molar-refractivity contribution < 1.29 is 35.1 Å². The van der Waals surface area contributed by atoms with E-state index < -0.39 is 18.2 Å². The van der Waals surface area contributed by atoms with Gasteiger partial charge >= 0.3 is 11.9 Å². The fourth-order valence-corrected chi connectivity index (χ4v) is 2.24. The largest absolute Gasteiger partial charge is 0.508 e. The molecule has 0 amide bonds. The molecular weight excluding hydrogens is 366 g/mol. The summed E-state index contributed by atoms with van der Waals surface area (Å²) >= 11 is 0. The summed E-state index contributed by atoms with van der Waals surface area (Å²) in [6.45, 7) is 0.566. The van der Waals surface area contributed by atoms with Crippen LogP contribution in [0.4, 0.5) is 0 Å². The standard InChI is InChI=1S/C16H19NO3.C4H4O4/c18-14-8-13(9-15(19)11-14)6-7-17-16(20)10-12-4-2-1-3-5-12;5-3(6)1-2-4(7)8/h1-5,8-9,11,16-20H,6-7,10H2;1-2H,(H,5,6)(H,7,8)/b;2-1+/t16-;/m0./s1. The second-order valence-electron chi connectivity index (χ2n) is 5.78. The van der Waals surface area contributed by atoms with E-state index in [0.29, 0.717) is 31.5 Å². The number of nitrogens with one attached hydrogen (secondary N) is 1. The van der Waals surface area contributed by atoms with Crippen LogP contribution in [0.15, 0.2) is 60.7 Å². The van der Waals surface area contributed by atoms with E-state index in [1.165, 1.54) is 6.07 Å². The van der Waals surface area contributed by atoms with Crippen LogP contribution in [0.1, 0.15) is 11.1 Å². The molecule has 0 aliphatic rings. The van der Waals surface area contributed by atoms with Crippen LogP contribution in [0, 0.1) is 0 Å². The number of aliphatic hydroxyl groups excluding tert-OH is 1. The minimum absolute atomic E-state index is 0.0461. The summed E-state index contributed by atoms with van der Waals surface area (Å²) in [7, 11) is 0.